The molecule has 1 aromatic heterocycles. The first-order chi connectivity index (χ1) is 29.9. The van der Waals surface area contributed by atoms with Gasteiger partial charge in [0.25, 0.3) is 17.7 Å². The number of nitrogens with one attached hydrogen (secondary N) is 3. The summed E-state index contributed by atoms with van der Waals surface area (Å²) < 4.78 is 2.19. The Kier molecular flexibility index (Phi) is 12.3. The van der Waals surface area contributed by atoms with Crippen LogP contribution >= 0.6 is 0 Å². The van der Waals surface area contributed by atoms with Gasteiger partial charge in [-0.2, -0.15) is 0 Å². The van der Waals surface area contributed by atoms with Crippen LogP contribution in [0.25, 0.3) is 0 Å². The van der Waals surface area contributed by atoms with E-state index in [1.165, 1.54) is 16.2 Å². The third-order valence-electron chi connectivity index (χ3n) is 12.9. The summed E-state index contributed by atoms with van der Waals surface area (Å²) >= 11 is 0. The lowest BCUT2D eigenvalue weighted by atomic mass is 9.71. The topological polar surface area (TPSA) is 160 Å². The molecule has 62 heavy (non-hydrogen) atoms. The minimum Gasteiger partial charge on any atom is -0.347 e. The van der Waals surface area contributed by atoms with Gasteiger partial charge in [-0.3, -0.25) is 44.0 Å². The van der Waals surface area contributed by atoms with Crippen molar-refractivity contribution >= 4 is 46.9 Å². The Balaban J connectivity index is 0.775. The van der Waals surface area contributed by atoms with E-state index in [0.29, 0.717) is 73.9 Å². The van der Waals surface area contributed by atoms with Crippen LogP contribution in [-0.4, -0.2) is 120 Å². The molecule has 1 aliphatic carbocycles. The maximum Gasteiger partial charge on any atom is 0.328 e. The van der Waals surface area contributed by atoms with E-state index in [1.807, 2.05) is 67.6 Å². The van der Waals surface area contributed by atoms with Gasteiger partial charge in [-0.15, -0.1) is 0 Å². The second-order valence-electron chi connectivity index (χ2n) is 17.0. The molecule has 324 valence electrons. The minimum absolute atomic E-state index is 0.00703. The molecule has 7 amide bonds. The van der Waals surface area contributed by atoms with Crippen molar-refractivity contribution in [3.63, 3.8) is 0 Å². The Morgan fingerprint density at radius 2 is 1.50 bits per heavy atom. The van der Waals surface area contributed by atoms with Gasteiger partial charge in [-0.25, -0.2) is 4.79 Å². The maximum atomic E-state index is 13.5. The van der Waals surface area contributed by atoms with E-state index in [-0.39, 0.29) is 48.0 Å². The van der Waals surface area contributed by atoms with Crippen molar-refractivity contribution in [2.45, 2.75) is 64.2 Å². The van der Waals surface area contributed by atoms with E-state index < -0.39 is 6.03 Å². The molecule has 15 nitrogen and oxygen atoms in total. The second-order valence-corrected chi connectivity index (χ2v) is 17.0. The molecule has 3 aliphatic heterocycles. The number of nitrogens with zero attached hydrogens (tertiary/aromatic N) is 6. The smallest absolute Gasteiger partial charge is 0.328 e. The number of anilines is 2. The lowest BCUT2D eigenvalue weighted by Gasteiger charge is -2.53. The molecule has 1 spiro atoms. The highest BCUT2D eigenvalue weighted by atomic mass is 16.2. The Morgan fingerprint density at radius 3 is 2.18 bits per heavy atom. The number of piperazine rings is 1. The Bertz CT molecular complexity index is 2360. The fourth-order valence-corrected chi connectivity index (χ4v) is 9.10. The molecular weight excluding hydrogens is 787 g/mol. The molecule has 15 heteroatoms. The van der Waals surface area contributed by atoms with E-state index in [2.05, 4.69) is 36.4 Å². The third kappa shape index (κ3) is 8.86. The summed E-state index contributed by atoms with van der Waals surface area (Å²) in [6, 6.07) is 24.3. The average molecular weight is 842 g/mol. The highest BCUT2D eigenvalue weighted by molar-refractivity contribution is 6.06. The normalized spacial score (nSPS) is 17.5. The maximum absolute atomic E-state index is 13.5. The summed E-state index contributed by atoms with van der Waals surface area (Å²) in [6.45, 7) is 7.70. The van der Waals surface area contributed by atoms with Gasteiger partial charge in [0.15, 0.2) is 0 Å². The molecule has 3 N–H and O–H groups in total. The van der Waals surface area contributed by atoms with E-state index in [4.69, 9.17) is 0 Å². The zero-order valence-corrected chi connectivity index (χ0v) is 35.7. The van der Waals surface area contributed by atoms with Crippen molar-refractivity contribution in [2.75, 3.05) is 70.1 Å². The molecule has 0 atom stereocenters. The summed E-state index contributed by atoms with van der Waals surface area (Å²) in [5.41, 5.74) is 7.15. The van der Waals surface area contributed by atoms with Crippen molar-refractivity contribution in [2.24, 2.45) is 0 Å². The number of aromatic nitrogens is 1. The molecule has 0 bridgehead atoms. The van der Waals surface area contributed by atoms with Crippen LogP contribution < -0.4 is 20.9 Å². The highest BCUT2D eigenvalue weighted by Gasteiger charge is 2.48. The molecule has 4 aromatic rings. The van der Waals surface area contributed by atoms with Crippen molar-refractivity contribution in [3.8, 4) is 0 Å². The molecule has 1 saturated carbocycles. The number of carbonyl (C=O) groups is 6. The Hall–Kier alpha value is -6.32. The predicted octanol–water partition coefficient (Wildman–Crippen LogP) is 4.56. The summed E-state index contributed by atoms with van der Waals surface area (Å²) in [5.74, 6) is -0.647. The number of urea groups is 1. The third-order valence-corrected chi connectivity index (χ3v) is 12.9. The van der Waals surface area contributed by atoms with Gasteiger partial charge >= 0.3 is 6.03 Å². The van der Waals surface area contributed by atoms with Crippen LogP contribution in [-0.2, 0) is 34.8 Å². The van der Waals surface area contributed by atoms with E-state index in [9.17, 15) is 28.8 Å². The van der Waals surface area contributed by atoms with Crippen molar-refractivity contribution in [3.05, 3.63) is 118 Å². The molecule has 8 rings (SSSR count). The van der Waals surface area contributed by atoms with Gasteiger partial charge in [0.05, 0.1) is 5.54 Å². The number of benzene rings is 3. The standard InChI is InChI=1S/C47H55N9O6/c1-32-5-10-36(29-39(32)56-22-18-42(58)50-46(56)62)45(61)53-25-23-52(24-26-53)21-17-41(57)49-37-13-8-33(9-14-37)30-48-43(59)38-15-16-40-47(19-4-20-47)54(27-28-55(38)40)31-34-6-11-35(12-7-34)44(60)51(2)3/h5-16,29H,4,17-28,30-31H2,1-3H3,(H,48,59)(H,49,57)(H,50,58,62). The van der Waals surface area contributed by atoms with Crippen LogP contribution in [0.1, 0.15) is 85.7 Å². The quantitative estimate of drug-likeness (QED) is 0.188. The highest BCUT2D eigenvalue weighted by Crippen LogP contribution is 2.49. The number of hydrogen-bond donors (Lipinski definition) is 3. The fourth-order valence-electron chi connectivity index (χ4n) is 9.10. The zero-order valence-electron chi connectivity index (χ0n) is 35.7. The SMILES string of the molecule is Cc1ccc(C(=O)N2CCN(CCC(=O)Nc3ccc(CNC(=O)c4ccc5n4CCN(Cc4ccc(C(=O)N(C)C)cc4)C54CCC4)cc3)CC2)cc1N1CCC(=O)NC1=O. The monoisotopic (exact) mass is 841 g/mol. The molecule has 3 aromatic carbocycles. The molecular formula is C47H55N9O6. The summed E-state index contributed by atoms with van der Waals surface area (Å²) in [5, 5.41) is 8.41. The van der Waals surface area contributed by atoms with Gasteiger partial charge in [0.1, 0.15) is 5.69 Å². The number of hydrogen-bond acceptors (Lipinski definition) is 8. The average Bonchev–Trinajstić information content (AvgIpc) is 3.70. The minimum atomic E-state index is -0.483. The van der Waals surface area contributed by atoms with Gasteiger partial charge in [-0.05, 0) is 91.4 Å². The van der Waals surface area contributed by atoms with Crippen LogP contribution in [0.3, 0.4) is 0 Å². The zero-order chi connectivity index (χ0) is 43.5. The largest absolute Gasteiger partial charge is 0.347 e. The molecule has 2 saturated heterocycles. The Morgan fingerprint density at radius 1 is 0.790 bits per heavy atom. The van der Waals surface area contributed by atoms with E-state index in [0.717, 1.165) is 50.0 Å². The predicted molar refractivity (Wildman–Crippen MR) is 235 cm³/mol. The summed E-state index contributed by atoms with van der Waals surface area (Å²) in [7, 11) is 3.52. The lowest BCUT2D eigenvalue weighted by molar-refractivity contribution is -0.120. The van der Waals surface area contributed by atoms with Gasteiger partial charge < -0.3 is 25.0 Å². The first kappa shape index (κ1) is 42.4. The van der Waals surface area contributed by atoms with Gasteiger partial charge in [0.2, 0.25) is 11.8 Å². The van der Waals surface area contributed by atoms with E-state index in [1.54, 1.807) is 36.0 Å². The van der Waals surface area contributed by atoms with Gasteiger partial charge in [0, 0.05) is 121 Å². The second kappa shape index (κ2) is 18.0. The van der Waals surface area contributed by atoms with Crippen LogP contribution in [0, 0.1) is 6.92 Å². The van der Waals surface area contributed by atoms with Crippen LogP contribution in [0.2, 0.25) is 0 Å². The van der Waals surface area contributed by atoms with E-state index >= 15 is 0 Å². The molecule has 4 aliphatic rings. The van der Waals surface area contributed by atoms with Crippen LogP contribution in [0.15, 0.2) is 78.9 Å². The number of fused-ring (bicyclic) bond motifs is 2. The first-order valence-electron chi connectivity index (χ1n) is 21.5. The molecule has 0 unspecified atom stereocenters. The number of amides is 7. The van der Waals surface area contributed by atoms with Crippen molar-refractivity contribution in [1.82, 2.24) is 34.8 Å². The Labute approximate surface area is 362 Å². The van der Waals surface area contributed by atoms with Crippen molar-refractivity contribution in [1.29, 1.82) is 0 Å². The number of aryl methyl sites for hydroxylation is 1. The number of imide groups is 1. The summed E-state index contributed by atoms with van der Waals surface area (Å²) in [6.07, 6.45) is 3.75. The van der Waals surface area contributed by atoms with Crippen molar-refractivity contribution < 1.29 is 28.8 Å². The fraction of sp³-hybridized carbons (Fsp3) is 0.404. The molecule has 0 radical (unpaired) electrons. The molecule has 4 heterocycles. The number of rotatable bonds is 12. The number of carbonyl (C=O) groups excluding carboxylic acids is 6. The summed E-state index contributed by atoms with van der Waals surface area (Å²) in [4.78, 5) is 85.9. The van der Waals surface area contributed by atoms with Crippen LogP contribution in [0.5, 0.6) is 0 Å². The van der Waals surface area contributed by atoms with Gasteiger partial charge in [-0.1, -0.05) is 30.3 Å². The lowest BCUT2D eigenvalue weighted by Crippen LogP contribution is -2.56. The van der Waals surface area contributed by atoms with Crippen LogP contribution in [0.4, 0.5) is 16.2 Å². The molecule has 3 fully saturated rings. The first-order valence-corrected chi connectivity index (χ1v) is 21.5.